The van der Waals surface area contributed by atoms with Crippen LogP contribution in [0.2, 0.25) is 0 Å². The molecule has 0 saturated heterocycles. The molecule has 0 atom stereocenters. The molecule has 2 aromatic rings. The Balaban J connectivity index is 2.26. The van der Waals surface area contributed by atoms with Crippen LogP contribution in [-0.4, -0.2) is 4.98 Å². The van der Waals surface area contributed by atoms with Crippen molar-refractivity contribution < 1.29 is 8.78 Å². The van der Waals surface area contributed by atoms with Gasteiger partial charge in [-0.05, 0) is 18.9 Å². The predicted octanol–water partition coefficient (Wildman–Crippen LogP) is 3.45. The molecule has 0 aliphatic heterocycles. The van der Waals surface area contributed by atoms with E-state index in [-0.39, 0.29) is 0 Å². The Bertz CT molecular complexity index is 502. The van der Waals surface area contributed by atoms with Crippen LogP contribution in [0.1, 0.15) is 23.8 Å². The first kappa shape index (κ1) is 8.29. The molecule has 1 fully saturated rings. The lowest BCUT2D eigenvalue weighted by Crippen LogP contribution is -1.81. The molecule has 0 bridgehead atoms. The van der Waals surface area contributed by atoms with E-state index in [0.717, 1.165) is 23.9 Å². The smallest absolute Gasteiger partial charge is 0.153 e. The van der Waals surface area contributed by atoms with Crippen molar-refractivity contribution in [2.24, 2.45) is 0 Å². The van der Waals surface area contributed by atoms with E-state index < -0.39 is 11.6 Å². The highest BCUT2D eigenvalue weighted by Gasteiger charge is 2.27. The number of hydrogen-bond donors (Lipinski definition) is 0. The summed E-state index contributed by atoms with van der Waals surface area (Å²) in [5.41, 5.74) is 0.318. The second-order valence-electron chi connectivity index (χ2n) is 3.56. The lowest BCUT2D eigenvalue weighted by Gasteiger charge is -1.90. The van der Waals surface area contributed by atoms with E-state index in [4.69, 9.17) is 0 Å². The lowest BCUT2D eigenvalue weighted by molar-refractivity contribution is 0.591. The minimum Gasteiger partial charge on any atom is -0.238 e. The Morgan fingerprint density at radius 1 is 1.29 bits per heavy atom. The number of halogens is 2. The monoisotopic (exact) mass is 211 g/mol. The molecule has 0 amide bonds. The topological polar surface area (TPSA) is 12.9 Å². The maximum Gasteiger partial charge on any atom is 0.153 e. The van der Waals surface area contributed by atoms with Gasteiger partial charge in [0.25, 0.3) is 0 Å². The van der Waals surface area contributed by atoms with Gasteiger partial charge in [-0.2, -0.15) is 0 Å². The van der Waals surface area contributed by atoms with E-state index in [2.05, 4.69) is 4.98 Å². The average Bonchev–Trinajstić information content (AvgIpc) is 2.87. The maximum atomic E-state index is 13.2. The summed E-state index contributed by atoms with van der Waals surface area (Å²) in [5.74, 6) is -0.584. The zero-order chi connectivity index (χ0) is 9.71. The van der Waals surface area contributed by atoms with Crippen LogP contribution >= 0.6 is 11.3 Å². The van der Waals surface area contributed by atoms with Crippen LogP contribution in [0.3, 0.4) is 0 Å². The largest absolute Gasteiger partial charge is 0.238 e. The highest BCUT2D eigenvalue weighted by atomic mass is 32.1. The fourth-order valence-electron chi connectivity index (χ4n) is 1.48. The van der Waals surface area contributed by atoms with Gasteiger partial charge in [0.15, 0.2) is 5.82 Å². The molecular weight excluding hydrogens is 204 g/mol. The molecule has 1 heterocycles. The van der Waals surface area contributed by atoms with Crippen molar-refractivity contribution in [3.63, 3.8) is 0 Å². The van der Waals surface area contributed by atoms with Crippen LogP contribution < -0.4 is 0 Å². The predicted molar refractivity (Wildman–Crippen MR) is 51.5 cm³/mol. The SMILES string of the molecule is Fc1cc(F)c2nc(C3CC3)sc2c1. The molecule has 1 nitrogen and oxygen atoms in total. The van der Waals surface area contributed by atoms with Crippen molar-refractivity contribution in [2.45, 2.75) is 18.8 Å². The van der Waals surface area contributed by atoms with Gasteiger partial charge in [0.1, 0.15) is 11.3 Å². The number of hydrogen-bond acceptors (Lipinski definition) is 2. The first-order valence-corrected chi connectivity index (χ1v) is 5.31. The maximum absolute atomic E-state index is 13.2. The highest BCUT2D eigenvalue weighted by molar-refractivity contribution is 7.18. The molecule has 0 N–H and O–H groups in total. The van der Waals surface area contributed by atoms with Crippen molar-refractivity contribution in [1.82, 2.24) is 4.98 Å². The van der Waals surface area contributed by atoms with Crippen LogP contribution in [0.4, 0.5) is 8.78 Å². The molecule has 0 unspecified atom stereocenters. The Labute approximate surface area is 83.4 Å². The quantitative estimate of drug-likeness (QED) is 0.704. The molecule has 1 aliphatic rings. The second kappa shape index (κ2) is 2.73. The van der Waals surface area contributed by atoms with Crippen LogP contribution in [0, 0.1) is 11.6 Å². The van der Waals surface area contributed by atoms with Gasteiger partial charge in [-0.15, -0.1) is 11.3 Å². The summed E-state index contributed by atoms with van der Waals surface area (Å²) in [7, 11) is 0. The van der Waals surface area contributed by atoms with Gasteiger partial charge in [-0.25, -0.2) is 13.8 Å². The third kappa shape index (κ3) is 1.21. The highest BCUT2D eigenvalue weighted by Crippen LogP contribution is 2.43. The van der Waals surface area contributed by atoms with Gasteiger partial charge >= 0.3 is 0 Å². The lowest BCUT2D eigenvalue weighted by atomic mass is 10.3. The van der Waals surface area contributed by atoms with Crippen molar-refractivity contribution in [3.8, 4) is 0 Å². The number of thiazole rings is 1. The summed E-state index contributed by atoms with van der Waals surface area (Å²) in [4.78, 5) is 4.19. The molecule has 14 heavy (non-hydrogen) atoms. The van der Waals surface area contributed by atoms with Gasteiger partial charge < -0.3 is 0 Å². The zero-order valence-corrected chi connectivity index (χ0v) is 8.07. The molecule has 3 rings (SSSR count). The van der Waals surface area contributed by atoms with Crippen molar-refractivity contribution in [2.75, 3.05) is 0 Å². The molecule has 72 valence electrons. The third-order valence-electron chi connectivity index (χ3n) is 2.36. The molecule has 1 saturated carbocycles. The summed E-state index contributed by atoms with van der Waals surface area (Å²) in [6, 6.07) is 2.24. The summed E-state index contributed by atoms with van der Waals surface area (Å²) >= 11 is 1.41. The second-order valence-corrected chi connectivity index (χ2v) is 4.62. The number of fused-ring (bicyclic) bond motifs is 1. The minimum atomic E-state index is -0.553. The standard InChI is InChI=1S/C10H7F2NS/c11-6-3-7(12)9-8(4-6)14-10(13-9)5-1-2-5/h3-5H,1-2H2. The van der Waals surface area contributed by atoms with Crippen LogP contribution in [0.5, 0.6) is 0 Å². The van der Waals surface area contributed by atoms with Crippen molar-refractivity contribution in [1.29, 1.82) is 0 Å². The molecule has 1 aromatic carbocycles. The summed E-state index contributed by atoms with van der Waals surface area (Å²) < 4.78 is 26.7. The fraction of sp³-hybridized carbons (Fsp3) is 0.300. The Morgan fingerprint density at radius 2 is 2.07 bits per heavy atom. The Kier molecular flexibility index (Phi) is 1.62. The van der Waals surface area contributed by atoms with E-state index in [1.807, 2.05) is 0 Å². The third-order valence-corrected chi connectivity index (χ3v) is 3.52. The first-order chi connectivity index (χ1) is 6.74. The van der Waals surface area contributed by atoms with Gasteiger partial charge in [0, 0.05) is 12.0 Å². The summed E-state index contributed by atoms with van der Waals surface area (Å²) in [5, 5.41) is 0.949. The minimum absolute atomic E-state index is 0.318. The normalized spacial score (nSPS) is 16.4. The molecular formula is C10H7F2NS. The zero-order valence-electron chi connectivity index (χ0n) is 7.26. The molecule has 0 radical (unpaired) electrons. The Morgan fingerprint density at radius 3 is 2.79 bits per heavy atom. The molecule has 1 aliphatic carbocycles. The van der Waals surface area contributed by atoms with Gasteiger partial charge in [0.2, 0.25) is 0 Å². The van der Waals surface area contributed by atoms with Crippen molar-refractivity contribution >= 4 is 21.6 Å². The van der Waals surface area contributed by atoms with E-state index in [1.165, 1.54) is 17.4 Å². The van der Waals surface area contributed by atoms with E-state index in [0.29, 0.717) is 16.1 Å². The van der Waals surface area contributed by atoms with Gasteiger partial charge in [0.05, 0.1) is 9.71 Å². The number of benzene rings is 1. The average molecular weight is 211 g/mol. The summed E-state index contributed by atoms with van der Waals surface area (Å²) in [6.45, 7) is 0. The summed E-state index contributed by atoms with van der Waals surface area (Å²) in [6.07, 6.45) is 2.26. The number of rotatable bonds is 1. The van der Waals surface area contributed by atoms with Crippen molar-refractivity contribution in [3.05, 3.63) is 28.8 Å². The van der Waals surface area contributed by atoms with Crippen LogP contribution in [-0.2, 0) is 0 Å². The molecule has 4 heteroatoms. The Hall–Kier alpha value is -1.03. The molecule has 0 spiro atoms. The van der Waals surface area contributed by atoms with Crippen LogP contribution in [0.25, 0.3) is 10.2 Å². The first-order valence-electron chi connectivity index (χ1n) is 4.49. The van der Waals surface area contributed by atoms with Gasteiger partial charge in [-0.1, -0.05) is 0 Å². The van der Waals surface area contributed by atoms with Gasteiger partial charge in [-0.3, -0.25) is 0 Å². The number of aromatic nitrogens is 1. The van der Waals surface area contributed by atoms with E-state index >= 15 is 0 Å². The van der Waals surface area contributed by atoms with E-state index in [9.17, 15) is 8.78 Å². The molecule has 1 aromatic heterocycles. The van der Waals surface area contributed by atoms with Crippen LogP contribution in [0.15, 0.2) is 12.1 Å². The van der Waals surface area contributed by atoms with E-state index in [1.54, 1.807) is 0 Å². The number of nitrogens with zero attached hydrogens (tertiary/aromatic N) is 1. The fourth-order valence-corrected chi connectivity index (χ4v) is 2.66.